The Bertz CT molecular complexity index is 351. The summed E-state index contributed by atoms with van der Waals surface area (Å²) in [4.78, 5) is 0. The van der Waals surface area contributed by atoms with Gasteiger partial charge in [-0.25, -0.2) is 0 Å². The van der Waals surface area contributed by atoms with Crippen molar-refractivity contribution in [1.82, 2.24) is 0 Å². The van der Waals surface area contributed by atoms with Crippen LogP contribution in [0.4, 0.5) is 5.69 Å². The van der Waals surface area contributed by atoms with Crippen LogP contribution in [0.25, 0.3) is 0 Å². The summed E-state index contributed by atoms with van der Waals surface area (Å²) in [5, 5.41) is 3.67. The zero-order valence-electron chi connectivity index (χ0n) is 10.9. The van der Waals surface area contributed by atoms with Crippen molar-refractivity contribution in [3.05, 3.63) is 24.3 Å². The monoisotopic (exact) mass is 233 g/mol. The molecule has 2 unspecified atom stereocenters. The zero-order valence-corrected chi connectivity index (χ0v) is 10.9. The van der Waals surface area contributed by atoms with E-state index in [0.29, 0.717) is 6.04 Å². The normalized spacial score (nSPS) is 23.6. The smallest absolute Gasteiger partial charge is 0.142 e. The second kappa shape index (κ2) is 5.95. The summed E-state index contributed by atoms with van der Waals surface area (Å²) >= 11 is 0. The molecule has 0 aliphatic heterocycles. The van der Waals surface area contributed by atoms with Crippen LogP contribution in [0.5, 0.6) is 5.75 Å². The summed E-state index contributed by atoms with van der Waals surface area (Å²) < 4.78 is 5.65. The van der Waals surface area contributed by atoms with Crippen LogP contribution < -0.4 is 10.1 Å². The molecule has 17 heavy (non-hydrogen) atoms. The Hall–Kier alpha value is -1.18. The van der Waals surface area contributed by atoms with Gasteiger partial charge in [0.1, 0.15) is 5.75 Å². The lowest BCUT2D eigenvalue weighted by molar-refractivity contribution is 0.341. The fourth-order valence-corrected chi connectivity index (χ4v) is 2.78. The fourth-order valence-electron chi connectivity index (χ4n) is 2.78. The van der Waals surface area contributed by atoms with Gasteiger partial charge in [-0.2, -0.15) is 0 Å². The van der Waals surface area contributed by atoms with Crippen LogP contribution in [0, 0.1) is 5.92 Å². The maximum atomic E-state index is 5.65. The van der Waals surface area contributed by atoms with Crippen LogP contribution in [-0.4, -0.2) is 12.6 Å². The molecule has 1 aromatic carbocycles. The van der Waals surface area contributed by atoms with Gasteiger partial charge < -0.3 is 10.1 Å². The van der Waals surface area contributed by atoms with Gasteiger partial charge >= 0.3 is 0 Å². The number of benzene rings is 1. The standard InChI is InChI=1S/C15H23NO/c1-3-12-8-7-10-13(12)16-14-9-5-6-11-15(14)17-4-2/h5-6,9,11-13,16H,3-4,7-8,10H2,1-2H3. The second-order valence-electron chi connectivity index (χ2n) is 4.78. The minimum Gasteiger partial charge on any atom is -0.492 e. The lowest BCUT2D eigenvalue weighted by atomic mass is 10.0. The SMILES string of the molecule is CCOc1ccccc1NC1CCCC1CC. The van der Waals surface area contributed by atoms with Crippen molar-refractivity contribution >= 4 is 5.69 Å². The number of ether oxygens (including phenoxy) is 1. The highest BCUT2D eigenvalue weighted by atomic mass is 16.5. The van der Waals surface area contributed by atoms with Crippen LogP contribution in [0.1, 0.15) is 39.5 Å². The van der Waals surface area contributed by atoms with Gasteiger partial charge in [-0.1, -0.05) is 31.9 Å². The highest BCUT2D eigenvalue weighted by Crippen LogP contribution is 2.33. The summed E-state index contributed by atoms with van der Waals surface area (Å²) in [6.45, 7) is 5.04. The molecular weight excluding hydrogens is 210 g/mol. The molecule has 0 amide bonds. The van der Waals surface area contributed by atoms with Gasteiger partial charge in [-0.15, -0.1) is 0 Å². The van der Waals surface area contributed by atoms with Gasteiger partial charge in [0.2, 0.25) is 0 Å². The summed E-state index contributed by atoms with van der Waals surface area (Å²) in [5.41, 5.74) is 1.15. The van der Waals surface area contributed by atoms with Crippen molar-refractivity contribution in [2.75, 3.05) is 11.9 Å². The molecule has 0 spiro atoms. The van der Waals surface area contributed by atoms with E-state index in [0.717, 1.165) is 24.0 Å². The van der Waals surface area contributed by atoms with Crippen molar-refractivity contribution in [2.24, 2.45) is 5.92 Å². The third-order valence-electron chi connectivity index (χ3n) is 3.71. The highest BCUT2D eigenvalue weighted by Gasteiger charge is 2.25. The van der Waals surface area contributed by atoms with Gasteiger partial charge in [0.25, 0.3) is 0 Å². The average Bonchev–Trinajstić information content (AvgIpc) is 2.79. The van der Waals surface area contributed by atoms with Crippen LogP contribution >= 0.6 is 0 Å². The first kappa shape index (κ1) is 12.3. The average molecular weight is 233 g/mol. The number of hydrogen-bond acceptors (Lipinski definition) is 2. The van der Waals surface area contributed by atoms with Crippen molar-refractivity contribution in [1.29, 1.82) is 0 Å². The Balaban J connectivity index is 2.07. The van der Waals surface area contributed by atoms with Crippen LogP contribution in [-0.2, 0) is 0 Å². The van der Waals surface area contributed by atoms with Crippen LogP contribution in [0.15, 0.2) is 24.3 Å². The second-order valence-corrected chi connectivity index (χ2v) is 4.78. The molecule has 1 aliphatic rings. The third kappa shape index (κ3) is 2.93. The van der Waals surface area contributed by atoms with E-state index in [-0.39, 0.29) is 0 Å². The molecule has 2 rings (SSSR count). The molecule has 0 bridgehead atoms. The van der Waals surface area contributed by atoms with Gasteiger partial charge in [0, 0.05) is 6.04 Å². The summed E-state index contributed by atoms with van der Waals surface area (Å²) in [6.07, 6.45) is 5.28. The van der Waals surface area contributed by atoms with E-state index in [2.05, 4.69) is 24.4 Å². The number of anilines is 1. The molecule has 2 heteroatoms. The molecule has 1 fully saturated rings. The topological polar surface area (TPSA) is 21.3 Å². The quantitative estimate of drug-likeness (QED) is 0.827. The van der Waals surface area contributed by atoms with Crippen molar-refractivity contribution < 1.29 is 4.74 Å². The summed E-state index contributed by atoms with van der Waals surface area (Å²) in [7, 11) is 0. The molecular formula is C15H23NO. The Morgan fingerprint density at radius 2 is 2.06 bits per heavy atom. The molecule has 1 aliphatic carbocycles. The Morgan fingerprint density at radius 3 is 2.82 bits per heavy atom. The van der Waals surface area contributed by atoms with Gasteiger partial charge in [0.05, 0.1) is 12.3 Å². The minimum absolute atomic E-state index is 0.626. The van der Waals surface area contributed by atoms with E-state index in [1.165, 1.54) is 25.7 Å². The van der Waals surface area contributed by atoms with Gasteiger partial charge in [-0.3, -0.25) is 0 Å². The Morgan fingerprint density at radius 1 is 1.24 bits per heavy atom. The molecule has 2 atom stereocenters. The van der Waals surface area contributed by atoms with E-state index in [1.807, 2.05) is 19.1 Å². The van der Waals surface area contributed by atoms with E-state index in [9.17, 15) is 0 Å². The lowest BCUT2D eigenvalue weighted by Gasteiger charge is -2.22. The third-order valence-corrected chi connectivity index (χ3v) is 3.71. The van der Waals surface area contributed by atoms with Crippen molar-refractivity contribution in [3.63, 3.8) is 0 Å². The molecule has 1 N–H and O–H groups in total. The van der Waals surface area contributed by atoms with Crippen molar-refractivity contribution in [2.45, 2.75) is 45.6 Å². The molecule has 1 saturated carbocycles. The maximum absolute atomic E-state index is 5.65. The van der Waals surface area contributed by atoms with Crippen LogP contribution in [0.3, 0.4) is 0 Å². The predicted molar refractivity (Wildman–Crippen MR) is 72.7 cm³/mol. The molecule has 0 heterocycles. The number of nitrogens with one attached hydrogen (secondary N) is 1. The Kier molecular flexibility index (Phi) is 4.29. The Labute approximate surface area is 104 Å². The first-order valence-corrected chi connectivity index (χ1v) is 6.83. The maximum Gasteiger partial charge on any atom is 0.142 e. The molecule has 2 nitrogen and oxygen atoms in total. The molecule has 94 valence electrons. The number of hydrogen-bond donors (Lipinski definition) is 1. The number of para-hydroxylation sites is 2. The highest BCUT2D eigenvalue weighted by molar-refractivity contribution is 5.56. The predicted octanol–water partition coefficient (Wildman–Crippen LogP) is 4.08. The van der Waals surface area contributed by atoms with Gasteiger partial charge in [0.15, 0.2) is 0 Å². The first-order valence-electron chi connectivity index (χ1n) is 6.83. The first-order chi connectivity index (χ1) is 8.35. The molecule has 0 aromatic heterocycles. The largest absolute Gasteiger partial charge is 0.492 e. The van der Waals surface area contributed by atoms with E-state index < -0.39 is 0 Å². The molecule has 0 saturated heterocycles. The lowest BCUT2D eigenvalue weighted by Crippen LogP contribution is -2.23. The van der Waals surface area contributed by atoms with Gasteiger partial charge in [-0.05, 0) is 37.8 Å². The minimum atomic E-state index is 0.626. The van der Waals surface area contributed by atoms with Crippen molar-refractivity contribution in [3.8, 4) is 5.75 Å². The summed E-state index contributed by atoms with van der Waals surface area (Å²) in [6, 6.07) is 8.89. The summed E-state index contributed by atoms with van der Waals surface area (Å²) in [5.74, 6) is 1.81. The zero-order chi connectivity index (χ0) is 12.1. The number of rotatable bonds is 5. The van der Waals surface area contributed by atoms with E-state index >= 15 is 0 Å². The van der Waals surface area contributed by atoms with E-state index in [4.69, 9.17) is 4.74 Å². The van der Waals surface area contributed by atoms with E-state index in [1.54, 1.807) is 0 Å². The molecule has 1 aromatic rings. The van der Waals surface area contributed by atoms with Crippen LogP contribution in [0.2, 0.25) is 0 Å². The fraction of sp³-hybridized carbons (Fsp3) is 0.600. The molecule has 0 radical (unpaired) electrons.